The molecule has 0 saturated heterocycles. The highest BCUT2D eigenvalue weighted by Crippen LogP contribution is 2.04. The maximum atomic E-state index is 10.6. The van der Waals surface area contributed by atoms with Crippen molar-refractivity contribution in [1.29, 1.82) is 0 Å². The molecule has 0 fully saturated rings. The fraction of sp³-hybridized carbons (Fsp3) is 0.800. The van der Waals surface area contributed by atoms with Crippen LogP contribution in [0.1, 0.15) is 0 Å². The van der Waals surface area contributed by atoms with E-state index in [1.165, 1.54) is 11.8 Å². The minimum atomic E-state index is -4.04. The Kier molecular flexibility index (Phi) is 5.27. The van der Waals surface area contributed by atoms with E-state index < -0.39 is 15.4 Å². The summed E-state index contributed by atoms with van der Waals surface area (Å²) in [6.45, 7) is -0.0524. The van der Waals surface area contributed by atoms with Gasteiger partial charge in [-0.3, -0.25) is 9.35 Å². The Morgan fingerprint density at radius 3 is 2.58 bits per heavy atom. The second kappa shape index (κ2) is 5.39. The van der Waals surface area contributed by atoms with Crippen LogP contribution in [0.2, 0.25) is 0 Å². The van der Waals surface area contributed by atoms with Crippen molar-refractivity contribution in [3.63, 3.8) is 0 Å². The summed E-state index contributed by atoms with van der Waals surface area (Å²) in [6.07, 6.45) is 2.12. The van der Waals surface area contributed by atoms with Gasteiger partial charge in [-0.2, -0.15) is 20.2 Å². The number of carbonyl (C=O) groups excluding carboxylic acids is 1. The van der Waals surface area contributed by atoms with Gasteiger partial charge < -0.3 is 5.32 Å². The number of amides is 1. The minimum Gasteiger partial charge on any atom is -0.357 e. The van der Waals surface area contributed by atoms with Crippen LogP contribution in [0.3, 0.4) is 0 Å². The van der Waals surface area contributed by atoms with Crippen LogP contribution >= 0.6 is 11.8 Å². The summed E-state index contributed by atoms with van der Waals surface area (Å²) < 4.78 is 29.9. The van der Waals surface area contributed by atoms with E-state index in [0.29, 0.717) is 6.41 Å². The third kappa shape index (κ3) is 4.58. The molecule has 0 aliphatic carbocycles. The summed E-state index contributed by atoms with van der Waals surface area (Å²) in [5.41, 5.74) is 0. The van der Waals surface area contributed by atoms with Gasteiger partial charge in [0.15, 0.2) is 0 Å². The Labute approximate surface area is 75.7 Å². The predicted octanol–water partition coefficient (Wildman–Crippen LogP) is -0.648. The van der Waals surface area contributed by atoms with Gasteiger partial charge in [0, 0.05) is 12.3 Å². The molecule has 0 bridgehead atoms. The molecule has 0 aromatic carbocycles. The molecule has 0 heterocycles. The summed E-state index contributed by atoms with van der Waals surface area (Å²) in [5.74, 6) is 0.264. The van der Waals surface area contributed by atoms with Crippen LogP contribution in [0.25, 0.3) is 0 Å². The van der Waals surface area contributed by atoms with Crippen molar-refractivity contribution in [3.8, 4) is 0 Å². The van der Waals surface area contributed by atoms with Crippen LogP contribution in [0.5, 0.6) is 0 Å². The van der Waals surface area contributed by atoms with Crippen molar-refractivity contribution in [3.05, 3.63) is 0 Å². The second-order valence-corrected chi connectivity index (χ2v) is 4.73. The predicted molar refractivity (Wildman–Crippen MR) is 47.8 cm³/mol. The summed E-state index contributed by atoms with van der Waals surface area (Å²) >= 11 is 1.29. The molecule has 72 valence electrons. The third-order valence-electron chi connectivity index (χ3n) is 1.20. The van der Waals surface area contributed by atoms with Gasteiger partial charge in [-0.1, -0.05) is 0 Å². The van der Waals surface area contributed by atoms with Gasteiger partial charge in [0.25, 0.3) is 10.1 Å². The van der Waals surface area contributed by atoms with Crippen molar-refractivity contribution in [2.45, 2.75) is 5.25 Å². The molecule has 0 spiro atoms. The van der Waals surface area contributed by atoms with Crippen molar-refractivity contribution < 1.29 is 17.8 Å². The van der Waals surface area contributed by atoms with E-state index in [4.69, 9.17) is 4.55 Å². The van der Waals surface area contributed by atoms with E-state index in [1.54, 1.807) is 6.26 Å². The molecule has 0 aromatic heterocycles. The first-order valence-corrected chi connectivity index (χ1v) is 6.04. The molecule has 0 radical (unpaired) electrons. The zero-order valence-electron chi connectivity index (χ0n) is 6.56. The first kappa shape index (κ1) is 11.7. The smallest absolute Gasteiger partial charge is 0.270 e. The molecule has 0 saturated carbocycles. The molecule has 1 unspecified atom stereocenters. The fourth-order valence-corrected chi connectivity index (χ4v) is 2.51. The van der Waals surface area contributed by atoms with E-state index in [1.807, 2.05) is 0 Å². The Morgan fingerprint density at radius 2 is 2.25 bits per heavy atom. The molecule has 0 aliphatic rings. The van der Waals surface area contributed by atoms with Crippen molar-refractivity contribution in [2.24, 2.45) is 0 Å². The molecular formula is C5H11NO4S2. The first-order valence-electron chi connectivity index (χ1n) is 3.14. The van der Waals surface area contributed by atoms with Gasteiger partial charge in [0.2, 0.25) is 6.41 Å². The SMILES string of the molecule is CSCC(CNC=O)S(=O)(=O)O. The van der Waals surface area contributed by atoms with E-state index in [2.05, 4.69) is 5.32 Å². The molecule has 0 aliphatic heterocycles. The van der Waals surface area contributed by atoms with Crippen molar-refractivity contribution in [1.82, 2.24) is 5.32 Å². The monoisotopic (exact) mass is 213 g/mol. The van der Waals surface area contributed by atoms with Crippen LogP contribution in [-0.4, -0.2) is 43.2 Å². The molecule has 0 rings (SSSR count). The molecule has 12 heavy (non-hydrogen) atoms. The number of hydrogen-bond donors (Lipinski definition) is 2. The third-order valence-corrected chi connectivity index (χ3v) is 3.33. The fourth-order valence-electron chi connectivity index (χ4n) is 0.616. The quantitative estimate of drug-likeness (QED) is 0.452. The molecule has 7 heteroatoms. The maximum absolute atomic E-state index is 10.6. The Hall–Kier alpha value is -0.270. The highest BCUT2D eigenvalue weighted by atomic mass is 32.2. The Balaban J connectivity index is 4.13. The van der Waals surface area contributed by atoms with Crippen LogP contribution in [0.15, 0.2) is 0 Å². The minimum absolute atomic E-state index is 0.0524. The molecular weight excluding hydrogens is 202 g/mol. The number of carbonyl (C=O) groups is 1. The van der Waals surface area contributed by atoms with Crippen molar-refractivity contribution >= 4 is 28.3 Å². The molecule has 2 N–H and O–H groups in total. The van der Waals surface area contributed by atoms with E-state index in [-0.39, 0.29) is 12.3 Å². The van der Waals surface area contributed by atoms with Gasteiger partial charge >= 0.3 is 0 Å². The lowest BCUT2D eigenvalue weighted by Crippen LogP contribution is -2.34. The van der Waals surface area contributed by atoms with E-state index >= 15 is 0 Å². The zero-order valence-corrected chi connectivity index (χ0v) is 8.19. The van der Waals surface area contributed by atoms with Crippen LogP contribution in [-0.2, 0) is 14.9 Å². The highest BCUT2D eigenvalue weighted by molar-refractivity contribution is 7.99. The summed E-state index contributed by atoms with van der Waals surface area (Å²) in [4.78, 5) is 9.85. The normalized spacial score (nSPS) is 13.8. The number of hydrogen-bond acceptors (Lipinski definition) is 4. The zero-order chi connectivity index (χ0) is 9.61. The lowest BCUT2D eigenvalue weighted by Gasteiger charge is -2.10. The van der Waals surface area contributed by atoms with E-state index in [0.717, 1.165) is 0 Å². The van der Waals surface area contributed by atoms with Crippen molar-refractivity contribution in [2.75, 3.05) is 18.6 Å². The molecule has 1 amide bonds. The standard InChI is InChI=1S/C5H11NO4S2/c1-11-3-5(2-6-4-7)12(8,9)10/h4-5H,2-3H2,1H3,(H,6,7)(H,8,9,10). The number of nitrogens with one attached hydrogen (secondary N) is 1. The average Bonchev–Trinajstić information content (AvgIpc) is 1.95. The van der Waals surface area contributed by atoms with Gasteiger partial charge in [0.05, 0.1) is 0 Å². The van der Waals surface area contributed by atoms with Crippen LogP contribution in [0, 0.1) is 0 Å². The number of rotatable bonds is 6. The maximum Gasteiger partial charge on any atom is 0.270 e. The van der Waals surface area contributed by atoms with Gasteiger partial charge in [-0.25, -0.2) is 0 Å². The van der Waals surface area contributed by atoms with Gasteiger partial charge in [-0.15, -0.1) is 0 Å². The first-order chi connectivity index (χ1) is 5.52. The second-order valence-electron chi connectivity index (χ2n) is 2.12. The highest BCUT2D eigenvalue weighted by Gasteiger charge is 2.21. The van der Waals surface area contributed by atoms with Crippen LogP contribution in [0.4, 0.5) is 0 Å². The molecule has 1 atom stereocenters. The molecule has 5 nitrogen and oxygen atoms in total. The lowest BCUT2D eigenvalue weighted by atomic mass is 10.5. The summed E-state index contributed by atoms with van der Waals surface area (Å²) in [5, 5.41) is 1.29. The van der Waals surface area contributed by atoms with Gasteiger partial charge in [0.1, 0.15) is 5.25 Å². The van der Waals surface area contributed by atoms with Gasteiger partial charge in [-0.05, 0) is 6.26 Å². The summed E-state index contributed by atoms with van der Waals surface area (Å²) in [7, 11) is -4.04. The molecule has 0 aromatic rings. The van der Waals surface area contributed by atoms with Crippen LogP contribution < -0.4 is 5.32 Å². The lowest BCUT2D eigenvalue weighted by molar-refractivity contribution is -0.109. The van der Waals surface area contributed by atoms with E-state index in [9.17, 15) is 13.2 Å². The Morgan fingerprint density at radius 1 is 1.67 bits per heavy atom. The topological polar surface area (TPSA) is 83.5 Å². The largest absolute Gasteiger partial charge is 0.357 e. The summed E-state index contributed by atoms with van der Waals surface area (Å²) in [6, 6.07) is 0. The number of thioether (sulfide) groups is 1. The Bertz CT molecular complexity index is 226. The average molecular weight is 213 g/mol.